The average Bonchev–Trinajstić information content (AvgIpc) is 2.29. The van der Waals surface area contributed by atoms with Crippen molar-refractivity contribution in [3.63, 3.8) is 0 Å². The minimum atomic E-state index is -0.443. The van der Waals surface area contributed by atoms with Gasteiger partial charge in [-0.15, -0.1) is 0 Å². The normalized spacial score (nSPS) is 11.7. The molecule has 0 heterocycles. The van der Waals surface area contributed by atoms with Gasteiger partial charge in [-0.05, 0) is 31.3 Å². The molecule has 0 aromatic heterocycles. The number of rotatable bonds is 5. The molecule has 0 unspecified atom stereocenters. The summed E-state index contributed by atoms with van der Waals surface area (Å²) >= 11 is 5.10. The zero-order chi connectivity index (χ0) is 13.5. The van der Waals surface area contributed by atoms with Gasteiger partial charge in [0.1, 0.15) is 0 Å². The number of nitrogens with zero attached hydrogens (tertiary/aromatic N) is 1. The van der Waals surface area contributed by atoms with Gasteiger partial charge in [0.05, 0.1) is 11.5 Å². The lowest BCUT2D eigenvalue weighted by Crippen LogP contribution is -2.38. The van der Waals surface area contributed by atoms with E-state index in [9.17, 15) is 10.1 Å². The van der Waals surface area contributed by atoms with E-state index in [1.807, 2.05) is 6.92 Å². The van der Waals surface area contributed by atoms with E-state index < -0.39 is 4.92 Å². The highest BCUT2D eigenvalue weighted by molar-refractivity contribution is 7.80. The Morgan fingerprint density at radius 2 is 2.11 bits per heavy atom. The van der Waals surface area contributed by atoms with Crippen molar-refractivity contribution in [2.75, 3.05) is 19.0 Å². The second kappa shape index (κ2) is 6.87. The van der Waals surface area contributed by atoms with Gasteiger partial charge in [0.25, 0.3) is 5.69 Å². The van der Waals surface area contributed by atoms with Gasteiger partial charge in [-0.25, -0.2) is 0 Å². The molecule has 2 N–H and O–H groups in total. The summed E-state index contributed by atoms with van der Waals surface area (Å²) < 4.78 is 4.97. The summed E-state index contributed by atoms with van der Waals surface area (Å²) in [5.74, 6) is 0. The van der Waals surface area contributed by atoms with Gasteiger partial charge in [-0.1, -0.05) is 0 Å². The SMILES string of the molecule is COC[C@H](C)NC(=S)Nc1ccc([N+](=O)[O-])cc1. The summed E-state index contributed by atoms with van der Waals surface area (Å²) in [6.45, 7) is 2.48. The van der Waals surface area contributed by atoms with Crippen molar-refractivity contribution in [3.05, 3.63) is 34.4 Å². The number of methoxy groups -OCH3 is 1. The van der Waals surface area contributed by atoms with Gasteiger partial charge in [-0.3, -0.25) is 10.1 Å². The van der Waals surface area contributed by atoms with Crippen LogP contribution in [0.15, 0.2) is 24.3 Å². The molecule has 0 saturated carbocycles. The number of hydrogen-bond acceptors (Lipinski definition) is 4. The van der Waals surface area contributed by atoms with E-state index in [0.29, 0.717) is 17.4 Å². The maximum atomic E-state index is 10.5. The molecule has 0 radical (unpaired) electrons. The van der Waals surface area contributed by atoms with Crippen molar-refractivity contribution in [3.8, 4) is 0 Å². The molecule has 0 aliphatic rings. The number of anilines is 1. The highest BCUT2D eigenvalue weighted by Gasteiger charge is 2.06. The zero-order valence-electron chi connectivity index (χ0n) is 10.2. The number of nitro groups is 1. The molecular formula is C11H15N3O3S. The van der Waals surface area contributed by atoms with E-state index >= 15 is 0 Å². The minimum Gasteiger partial charge on any atom is -0.383 e. The summed E-state index contributed by atoms with van der Waals surface area (Å²) in [5, 5.41) is 16.9. The lowest BCUT2D eigenvalue weighted by atomic mass is 10.3. The minimum absolute atomic E-state index is 0.0483. The fourth-order valence-electron chi connectivity index (χ4n) is 1.35. The summed E-state index contributed by atoms with van der Waals surface area (Å²) in [7, 11) is 1.62. The van der Waals surface area contributed by atoms with Crippen molar-refractivity contribution in [2.45, 2.75) is 13.0 Å². The molecule has 98 valence electrons. The van der Waals surface area contributed by atoms with Gasteiger partial charge in [-0.2, -0.15) is 0 Å². The monoisotopic (exact) mass is 269 g/mol. The largest absolute Gasteiger partial charge is 0.383 e. The van der Waals surface area contributed by atoms with Crippen LogP contribution in [0.25, 0.3) is 0 Å². The van der Waals surface area contributed by atoms with Crippen LogP contribution in [-0.2, 0) is 4.74 Å². The van der Waals surface area contributed by atoms with Crippen molar-refractivity contribution in [1.29, 1.82) is 0 Å². The number of thiocarbonyl (C=S) groups is 1. The van der Waals surface area contributed by atoms with E-state index in [1.165, 1.54) is 12.1 Å². The van der Waals surface area contributed by atoms with Crippen LogP contribution in [0.3, 0.4) is 0 Å². The Hall–Kier alpha value is -1.73. The summed E-state index contributed by atoms with van der Waals surface area (Å²) in [4.78, 5) is 10.0. The zero-order valence-corrected chi connectivity index (χ0v) is 11.0. The number of ether oxygens (including phenoxy) is 1. The molecule has 0 aliphatic heterocycles. The maximum absolute atomic E-state index is 10.5. The van der Waals surface area contributed by atoms with Crippen LogP contribution in [0.2, 0.25) is 0 Å². The Labute approximate surface area is 110 Å². The third kappa shape index (κ3) is 4.64. The van der Waals surface area contributed by atoms with E-state index in [1.54, 1.807) is 19.2 Å². The summed E-state index contributed by atoms with van der Waals surface area (Å²) in [6.07, 6.45) is 0. The Kier molecular flexibility index (Phi) is 5.47. The molecule has 6 nitrogen and oxygen atoms in total. The molecule has 1 rings (SSSR count). The Morgan fingerprint density at radius 1 is 1.50 bits per heavy atom. The molecule has 18 heavy (non-hydrogen) atoms. The van der Waals surface area contributed by atoms with Crippen molar-refractivity contribution in [1.82, 2.24) is 5.32 Å². The number of nitrogens with one attached hydrogen (secondary N) is 2. The molecule has 1 aromatic carbocycles. The van der Waals surface area contributed by atoms with Gasteiger partial charge in [0.2, 0.25) is 0 Å². The molecule has 0 bridgehead atoms. The summed E-state index contributed by atoms with van der Waals surface area (Å²) in [5.41, 5.74) is 0.745. The van der Waals surface area contributed by atoms with Gasteiger partial charge in [0.15, 0.2) is 5.11 Å². The third-order valence-electron chi connectivity index (χ3n) is 2.13. The van der Waals surface area contributed by atoms with Gasteiger partial charge < -0.3 is 15.4 Å². The predicted octanol–water partition coefficient (Wildman–Crippen LogP) is 1.92. The second-order valence-electron chi connectivity index (χ2n) is 3.76. The first-order valence-corrected chi connectivity index (χ1v) is 5.74. The number of non-ortho nitro benzene ring substituents is 1. The highest BCUT2D eigenvalue weighted by atomic mass is 32.1. The maximum Gasteiger partial charge on any atom is 0.269 e. The molecule has 0 aliphatic carbocycles. The fraction of sp³-hybridized carbons (Fsp3) is 0.364. The van der Waals surface area contributed by atoms with Crippen LogP contribution in [0, 0.1) is 10.1 Å². The third-order valence-corrected chi connectivity index (χ3v) is 2.35. The van der Waals surface area contributed by atoms with E-state index in [0.717, 1.165) is 0 Å². The average molecular weight is 269 g/mol. The quantitative estimate of drug-likeness (QED) is 0.483. The van der Waals surface area contributed by atoms with E-state index in [4.69, 9.17) is 17.0 Å². The molecule has 1 aromatic rings. The Morgan fingerprint density at radius 3 is 2.61 bits per heavy atom. The smallest absolute Gasteiger partial charge is 0.269 e. The predicted molar refractivity (Wildman–Crippen MR) is 73.8 cm³/mol. The van der Waals surface area contributed by atoms with Gasteiger partial charge >= 0.3 is 0 Å². The molecule has 0 fully saturated rings. The number of nitro benzene ring substituents is 1. The number of hydrogen-bond donors (Lipinski definition) is 2. The molecule has 0 spiro atoms. The van der Waals surface area contributed by atoms with Crippen LogP contribution >= 0.6 is 12.2 Å². The number of benzene rings is 1. The first kappa shape index (κ1) is 14.3. The first-order chi connectivity index (χ1) is 8.52. The van der Waals surface area contributed by atoms with Crippen LogP contribution < -0.4 is 10.6 Å². The summed E-state index contributed by atoms with van der Waals surface area (Å²) in [6, 6.07) is 6.14. The van der Waals surface area contributed by atoms with E-state index in [2.05, 4.69) is 10.6 Å². The van der Waals surface area contributed by atoms with Crippen molar-refractivity contribution >= 4 is 28.7 Å². The molecule has 1 atom stereocenters. The van der Waals surface area contributed by atoms with Crippen LogP contribution in [0.5, 0.6) is 0 Å². The molecule has 0 amide bonds. The van der Waals surface area contributed by atoms with Crippen LogP contribution in [-0.4, -0.2) is 29.8 Å². The van der Waals surface area contributed by atoms with Crippen molar-refractivity contribution < 1.29 is 9.66 Å². The van der Waals surface area contributed by atoms with Crippen LogP contribution in [0.4, 0.5) is 11.4 Å². The standard InChI is InChI=1S/C11H15N3O3S/c1-8(7-17-2)12-11(18)13-9-3-5-10(6-4-9)14(15)16/h3-6,8H,7H2,1-2H3,(H2,12,13,18)/t8-/m0/s1. The van der Waals surface area contributed by atoms with Crippen molar-refractivity contribution in [2.24, 2.45) is 0 Å². The van der Waals surface area contributed by atoms with Crippen LogP contribution in [0.1, 0.15) is 6.92 Å². The Balaban J connectivity index is 2.51. The second-order valence-corrected chi connectivity index (χ2v) is 4.17. The fourth-order valence-corrected chi connectivity index (χ4v) is 1.67. The molecular weight excluding hydrogens is 254 g/mol. The Bertz CT molecular complexity index is 422. The van der Waals surface area contributed by atoms with Gasteiger partial charge in [0, 0.05) is 31.0 Å². The van der Waals surface area contributed by atoms with E-state index in [-0.39, 0.29) is 11.7 Å². The first-order valence-electron chi connectivity index (χ1n) is 5.34. The molecule has 7 heteroatoms. The molecule has 0 saturated heterocycles. The lowest BCUT2D eigenvalue weighted by Gasteiger charge is -2.15. The topological polar surface area (TPSA) is 76.4 Å². The highest BCUT2D eigenvalue weighted by Crippen LogP contribution is 2.15. The lowest BCUT2D eigenvalue weighted by molar-refractivity contribution is -0.384.